The Morgan fingerprint density at radius 2 is 1.70 bits per heavy atom. The highest BCUT2D eigenvalue weighted by atomic mass is 16.5. The van der Waals surface area contributed by atoms with Crippen LogP contribution >= 0.6 is 0 Å². The summed E-state index contributed by atoms with van der Waals surface area (Å²) in [6.07, 6.45) is 4.38. The van der Waals surface area contributed by atoms with E-state index in [9.17, 15) is 0 Å². The van der Waals surface area contributed by atoms with E-state index in [-0.39, 0.29) is 0 Å². The summed E-state index contributed by atoms with van der Waals surface area (Å²) in [6, 6.07) is 8.66. The van der Waals surface area contributed by atoms with Gasteiger partial charge in [0, 0.05) is 37.6 Å². The molecule has 0 radical (unpaired) electrons. The van der Waals surface area contributed by atoms with Crippen molar-refractivity contribution >= 4 is 11.4 Å². The van der Waals surface area contributed by atoms with Gasteiger partial charge in [-0.2, -0.15) is 0 Å². The van der Waals surface area contributed by atoms with Crippen LogP contribution in [-0.2, 0) is 4.74 Å². The molecule has 1 aromatic carbocycles. The van der Waals surface area contributed by atoms with Crippen molar-refractivity contribution in [2.24, 2.45) is 0 Å². The van der Waals surface area contributed by atoms with Crippen molar-refractivity contribution in [1.29, 1.82) is 0 Å². The number of benzene rings is 1. The molecule has 1 saturated heterocycles. The Balaban J connectivity index is 1.68. The van der Waals surface area contributed by atoms with Gasteiger partial charge in [-0.1, -0.05) is 12.8 Å². The van der Waals surface area contributed by atoms with E-state index in [0.717, 1.165) is 52.1 Å². The van der Waals surface area contributed by atoms with Gasteiger partial charge in [0.15, 0.2) is 0 Å². The molecule has 1 heterocycles. The number of hydrogen-bond acceptors (Lipinski definition) is 4. The van der Waals surface area contributed by atoms with E-state index < -0.39 is 0 Å². The summed E-state index contributed by atoms with van der Waals surface area (Å²) in [4.78, 5) is 2.36. The van der Waals surface area contributed by atoms with Gasteiger partial charge in [-0.3, -0.25) is 0 Å². The lowest BCUT2D eigenvalue weighted by atomic mass is 10.2. The fourth-order valence-corrected chi connectivity index (χ4v) is 2.43. The van der Waals surface area contributed by atoms with E-state index in [1.54, 1.807) is 0 Å². The number of anilines is 2. The molecule has 0 aliphatic carbocycles. The van der Waals surface area contributed by atoms with Crippen molar-refractivity contribution in [2.45, 2.75) is 25.7 Å². The van der Waals surface area contributed by atoms with Crippen molar-refractivity contribution in [3.8, 4) is 0 Å². The molecule has 2 N–H and O–H groups in total. The van der Waals surface area contributed by atoms with Crippen molar-refractivity contribution in [3.05, 3.63) is 24.3 Å². The molecule has 20 heavy (non-hydrogen) atoms. The smallest absolute Gasteiger partial charge is 0.0642 e. The number of nitrogens with one attached hydrogen (secondary N) is 1. The van der Waals surface area contributed by atoms with Gasteiger partial charge in [0.25, 0.3) is 0 Å². The zero-order valence-corrected chi connectivity index (χ0v) is 12.2. The van der Waals surface area contributed by atoms with Crippen LogP contribution in [0, 0.1) is 0 Å². The summed E-state index contributed by atoms with van der Waals surface area (Å²) in [7, 11) is 0. The van der Waals surface area contributed by atoms with Crippen LogP contribution in [0.5, 0.6) is 0 Å². The lowest BCUT2D eigenvalue weighted by Crippen LogP contribution is -2.36. The van der Waals surface area contributed by atoms with Gasteiger partial charge >= 0.3 is 0 Å². The Morgan fingerprint density at radius 1 is 1.00 bits per heavy atom. The van der Waals surface area contributed by atoms with Crippen molar-refractivity contribution < 1.29 is 9.84 Å². The second kappa shape index (κ2) is 8.82. The number of hydrogen-bond donors (Lipinski definition) is 2. The molecule has 0 unspecified atom stereocenters. The summed E-state index contributed by atoms with van der Waals surface area (Å²) in [6.45, 7) is 4.94. The highest BCUT2D eigenvalue weighted by Gasteiger charge is 2.10. The van der Waals surface area contributed by atoms with Crippen LogP contribution in [0.4, 0.5) is 11.4 Å². The minimum atomic E-state index is 0.316. The van der Waals surface area contributed by atoms with E-state index in [0.29, 0.717) is 6.61 Å². The number of ether oxygens (including phenoxy) is 1. The zero-order valence-electron chi connectivity index (χ0n) is 12.2. The fourth-order valence-electron chi connectivity index (χ4n) is 2.43. The average Bonchev–Trinajstić information content (AvgIpc) is 2.52. The second-order valence-electron chi connectivity index (χ2n) is 5.21. The number of morpholine rings is 1. The van der Waals surface area contributed by atoms with Gasteiger partial charge in [0.1, 0.15) is 0 Å². The number of aliphatic hydroxyl groups is 1. The molecule has 4 nitrogen and oxygen atoms in total. The summed E-state index contributed by atoms with van der Waals surface area (Å²) < 4.78 is 5.37. The van der Waals surface area contributed by atoms with Crippen LogP contribution in [-0.4, -0.2) is 44.6 Å². The summed E-state index contributed by atoms with van der Waals surface area (Å²) in [5.41, 5.74) is 2.46. The molecule has 2 rings (SSSR count). The van der Waals surface area contributed by atoms with E-state index in [1.165, 1.54) is 17.8 Å². The normalized spacial score (nSPS) is 15.3. The Morgan fingerprint density at radius 3 is 2.40 bits per heavy atom. The summed E-state index contributed by atoms with van der Waals surface area (Å²) in [5, 5.41) is 12.2. The maximum Gasteiger partial charge on any atom is 0.0642 e. The maximum atomic E-state index is 8.71. The molecular formula is C16H26N2O2. The first-order chi connectivity index (χ1) is 9.90. The van der Waals surface area contributed by atoms with E-state index >= 15 is 0 Å². The third-order valence-corrected chi connectivity index (χ3v) is 3.66. The number of rotatable bonds is 8. The summed E-state index contributed by atoms with van der Waals surface area (Å²) >= 11 is 0. The van der Waals surface area contributed by atoms with Crippen molar-refractivity contribution in [3.63, 3.8) is 0 Å². The van der Waals surface area contributed by atoms with Crippen molar-refractivity contribution in [2.75, 3.05) is 49.7 Å². The maximum absolute atomic E-state index is 8.71. The first kappa shape index (κ1) is 15.1. The molecular weight excluding hydrogens is 252 g/mol. The van der Waals surface area contributed by atoms with Crippen LogP contribution in [0.1, 0.15) is 25.7 Å². The highest BCUT2D eigenvalue weighted by molar-refractivity contribution is 5.55. The van der Waals surface area contributed by atoms with E-state index in [4.69, 9.17) is 9.84 Å². The van der Waals surface area contributed by atoms with E-state index in [1.807, 2.05) is 0 Å². The summed E-state index contributed by atoms with van der Waals surface area (Å²) in [5.74, 6) is 0. The lowest BCUT2D eigenvalue weighted by molar-refractivity contribution is 0.122. The van der Waals surface area contributed by atoms with Crippen LogP contribution in [0.2, 0.25) is 0 Å². The molecule has 0 amide bonds. The lowest BCUT2D eigenvalue weighted by Gasteiger charge is -2.28. The SMILES string of the molecule is OCCCCCCNc1ccc(N2CCOCC2)cc1. The second-order valence-corrected chi connectivity index (χ2v) is 5.21. The fraction of sp³-hybridized carbons (Fsp3) is 0.625. The Hall–Kier alpha value is -1.26. The Kier molecular flexibility index (Phi) is 6.68. The van der Waals surface area contributed by atoms with Crippen LogP contribution in [0.15, 0.2) is 24.3 Å². The molecule has 0 bridgehead atoms. The monoisotopic (exact) mass is 278 g/mol. The first-order valence-corrected chi connectivity index (χ1v) is 7.67. The predicted molar refractivity (Wildman–Crippen MR) is 83.5 cm³/mol. The Bertz CT molecular complexity index is 361. The van der Waals surface area contributed by atoms with Gasteiger partial charge in [-0.15, -0.1) is 0 Å². The number of nitrogens with zero attached hydrogens (tertiary/aromatic N) is 1. The predicted octanol–water partition coefficient (Wildman–Crippen LogP) is 2.49. The highest BCUT2D eigenvalue weighted by Crippen LogP contribution is 2.19. The molecule has 0 aromatic heterocycles. The first-order valence-electron chi connectivity index (χ1n) is 7.67. The zero-order chi connectivity index (χ0) is 14.0. The van der Waals surface area contributed by atoms with Gasteiger partial charge in [-0.05, 0) is 37.1 Å². The molecule has 0 atom stereocenters. The molecule has 1 fully saturated rings. The van der Waals surface area contributed by atoms with Gasteiger partial charge in [0.05, 0.1) is 13.2 Å². The molecule has 112 valence electrons. The largest absolute Gasteiger partial charge is 0.396 e. The molecule has 0 saturated carbocycles. The van der Waals surface area contributed by atoms with Crippen molar-refractivity contribution in [1.82, 2.24) is 0 Å². The Labute approximate surface area is 121 Å². The standard InChI is InChI=1S/C16H26N2O2/c19-12-4-2-1-3-9-17-15-5-7-16(8-6-15)18-10-13-20-14-11-18/h5-8,17,19H,1-4,9-14H2. The molecule has 1 aliphatic heterocycles. The minimum Gasteiger partial charge on any atom is -0.396 e. The van der Waals surface area contributed by atoms with Gasteiger partial charge in [0.2, 0.25) is 0 Å². The minimum absolute atomic E-state index is 0.316. The molecule has 1 aliphatic rings. The topological polar surface area (TPSA) is 44.7 Å². The van der Waals surface area contributed by atoms with E-state index in [2.05, 4.69) is 34.5 Å². The molecule has 1 aromatic rings. The number of unbranched alkanes of at least 4 members (excludes halogenated alkanes) is 3. The quantitative estimate of drug-likeness (QED) is 0.717. The van der Waals surface area contributed by atoms with Gasteiger partial charge < -0.3 is 20.1 Å². The van der Waals surface area contributed by atoms with Crippen LogP contribution in [0.3, 0.4) is 0 Å². The average molecular weight is 278 g/mol. The molecule has 0 spiro atoms. The third kappa shape index (κ3) is 5.02. The van der Waals surface area contributed by atoms with Crippen LogP contribution in [0.25, 0.3) is 0 Å². The van der Waals surface area contributed by atoms with Gasteiger partial charge in [-0.25, -0.2) is 0 Å². The number of aliphatic hydroxyl groups excluding tert-OH is 1. The van der Waals surface area contributed by atoms with Crippen LogP contribution < -0.4 is 10.2 Å². The third-order valence-electron chi connectivity index (χ3n) is 3.66. The molecule has 4 heteroatoms.